The van der Waals surface area contributed by atoms with Gasteiger partial charge in [0.25, 0.3) is 0 Å². The Kier molecular flexibility index (Phi) is 9.54. The van der Waals surface area contributed by atoms with Gasteiger partial charge in [0.05, 0.1) is 22.9 Å². The van der Waals surface area contributed by atoms with Crippen LogP contribution in [0.5, 0.6) is 5.75 Å². The molecule has 0 atom stereocenters. The van der Waals surface area contributed by atoms with E-state index in [2.05, 4.69) is 5.32 Å². The first-order chi connectivity index (χ1) is 12.6. The lowest BCUT2D eigenvalue weighted by Gasteiger charge is -2.07. The van der Waals surface area contributed by atoms with Crippen LogP contribution in [0.3, 0.4) is 0 Å². The molecular formula is C19H21Cl2NO2S2. The molecular weight excluding hydrogens is 409 g/mol. The number of methoxy groups -OCH3 is 1. The Hall–Kier alpha value is -1.01. The van der Waals surface area contributed by atoms with E-state index in [1.165, 1.54) is 5.56 Å². The highest BCUT2D eigenvalue weighted by Crippen LogP contribution is 2.24. The lowest BCUT2D eigenvalue weighted by Crippen LogP contribution is -2.27. The van der Waals surface area contributed by atoms with Gasteiger partial charge < -0.3 is 10.1 Å². The van der Waals surface area contributed by atoms with Crippen molar-refractivity contribution in [2.45, 2.75) is 11.5 Å². The fraction of sp³-hybridized carbons (Fsp3) is 0.316. The molecule has 0 bridgehead atoms. The summed E-state index contributed by atoms with van der Waals surface area (Å²) in [5, 5.41) is 4.09. The van der Waals surface area contributed by atoms with E-state index in [4.69, 9.17) is 27.9 Å². The van der Waals surface area contributed by atoms with E-state index in [1.54, 1.807) is 30.6 Å². The number of carbonyl (C=O) groups is 1. The third-order valence-electron chi connectivity index (χ3n) is 3.48. The number of hydrogen-bond acceptors (Lipinski definition) is 4. The van der Waals surface area contributed by atoms with Crippen molar-refractivity contribution in [1.82, 2.24) is 5.32 Å². The first kappa shape index (κ1) is 21.3. The maximum atomic E-state index is 11.9. The van der Waals surface area contributed by atoms with Crippen molar-refractivity contribution < 1.29 is 9.53 Å². The van der Waals surface area contributed by atoms with Gasteiger partial charge in [0.2, 0.25) is 5.91 Å². The third kappa shape index (κ3) is 7.70. The Morgan fingerprint density at radius 1 is 1.00 bits per heavy atom. The molecule has 0 saturated heterocycles. The Morgan fingerprint density at radius 2 is 1.69 bits per heavy atom. The highest BCUT2D eigenvalue weighted by molar-refractivity contribution is 7.99. The minimum Gasteiger partial charge on any atom is -0.497 e. The first-order valence-corrected chi connectivity index (χ1v) is 11.1. The van der Waals surface area contributed by atoms with Crippen molar-refractivity contribution in [2.24, 2.45) is 0 Å². The third-order valence-corrected chi connectivity index (χ3v) is 6.26. The van der Waals surface area contributed by atoms with Crippen molar-refractivity contribution in [2.75, 3.05) is 25.2 Å². The Bertz CT molecular complexity index is 711. The van der Waals surface area contributed by atoms with Crippen molar-refractivity contribution in [3.8, 4) is 5.75 Å². The van der Waals surface area contributed by atoms with E-state index in [0.717, 1.165) is 28.6 Å². The maximum Gasteiger partial charge on any atom is 0.230 e. The molecule has 0 spiro atoms. The summed E-state index contributed by atoms with van der Waals surface area (Å²) >= 11 is 15.3. The van der Waals surface area contributed by atoms with Crippen LogP contribution in [0.4, 0.5) is 0 Å². The highest BCUT2D eigenvalue weighted by Gasteiger charge is 2.03. The van der Waals surface area contributed by atoms with Crippen LogP contribution in [-0.4, -0.2) is 31.1 Å². The average Bonchev–Trinajstić information content (AvgIpc) is 2.65. The molecule has 7 heteroatoms. The second-order valence-corrected chi connectivity index (χ2v) is 8.40. The van der Waals surface area contributed by atoms with E-state index in [1.807, 2.05) is 42.5 Å². The van der Waals surface area contributed by atoms with Crippen LogP contribution in [0.2, 0.25) is 10.0 Å². The first-order valence-electron chi connectivity index (χ1n) is 8.07. The lowest BCUT2D eigenvalue weighted by molar-refractivity contribution is -0.118. The van der Waals surface area contributed by atoms with Gasteiger partial charge in [0.1, 0.15) is 5.75 Å². The van der Waals surface area contributed by atoms with Gasteiger partial charge in [-0.1, -0.05) is 41.4 Å². The van der Waals surface area contributed by atoms with E-state index in [9.17, 15) is 4.79 Å². The van der Waals surface area contributed by atoms with Crippen molar-refractivity contribution >= 4 is 52.6 Å². The van der Waals surface area contributed by atoms with Gasteiger partial charge in [0.15, 0.2) is 0 Å². The van der Waals surface area contributed by atoms with E-state index >= 15 is 0 Å². The average molecular weight is 430 g/mol. The van der Waals surface area contributed by atoms with Gasteiger partial charge in [-0.25, -0.2) is 0 Å². The van der Waals surface area contributed by atoms with Crippen LogP contribution in [0.15, 0.2) is 42.5 Å². The summed E-state index contributed by atoms with van der Waals surface area (Å²) < 4.78 is 5.13. The van der Waals surface area contributed by atoms with Gasteiger partial charge in [0, 0.05) is 23.8 Å². The van der Waals surface area contributed by atoms with Crippen molar-refractivity contribution in [3.63, 3.8) is 0 Å². The Balaban J connectivity index is 1.55. The second kappa shape index (κ2) is 11.7. The molecule has 140 valence electrons. The van der Waals surface area contributed by atoms with Crippen LogP contribution < -0.4 is 10.1 Å². The number of benzene rings is 2. The zero-order valence-electron chi connectivity index (χ0n) is 14.5. The minimum absolute atomic E-state index is 0.0682. The summed E-state index contributed by atoms with van der Waals surface area (Å²) in [6, 6.07) is 13.6. The molecule has 0 aliphatic carbocycles. The quantitative estimate of drug-likeness (QED) is 0.520. The summed E-state index contributed by atoms with van der Waals surface area (Å²) in [5.41, 5.74) is 2.31. The second-order valence-electron chi connectivity index (χ2n) is 5.49. The zero-order chi connectivity index (χ0) is 18.8. The molecule has 2 rings (SSSR count). The number of nitrogens with one attached hydrogen (secondary N) is 1. The summed E-state index contributed by atoms with van der Waals surface area (Å²) in [4.78, 5) is 11.9. The van der Waals surface area contributed by atoms with Crippen LogP contribution in [0.1, 0.15) is 11.1 Å². The largest absolute Gasteiger partial charge is 0.497 e. The molecule has 1 N–H and O–H groups in total. The standard InChI is InChI=1S/C19H21Cl2NO2S2/c1-24-16-5-2-14(3-6-16)11-26-13-19(23)22-8-9-25-12-15-4-7-17(20)18(21)10-15/h2-7,10H,8-9,11-13H2,1H3,(H,22,23). The monoisotopic (exact) mass is 429 g/mol. The molecule has 1 amide bonds. The molecule has 2 aromatic rings. The van der Waals surface area contributed by atoms with Crippen LogP contribution in [0.25, 0.3) is 0 Å². The number of carbonyl (C=O) groups excluding carboxylic acids is 1. The van der Waals surface area contributed by atoms with Crippen molar-refractivity contribution in [1.29, 1.82) is 0 Å². The molecule has 0 fully saturated rings. The van der Waals surface area contributed by atoms with Gasteiger partial charge in [-0.15, -0.1) is 11.8 Å². The molecule has 26 heavy (non-hydrogen) atoms. The number of halogens is 2. The number of thioether (sulfide) groups is 2. The van der Waals surface area contributed by atoms with Gasteiger partial charge >= 0.3 is 0 Å². The molecule has 3 nitrogen and oxygen atoms in total. The topological polar surface area (TPSA) is 38.3 Å². The number of ether oxygens (including phenoxy) is 1. The SMILES string of the molecule is COc1ccc(CSCC(=O)NCCSCc2ccc(Cl)c(Cl)c2)cc1. The Morgan fingerprint density at radius 3 is 2.38 bits per heavy atom. The molecule has 0 aliphatic heterocycles. The number of rotatable bonds is 10. The fourth-order valence-electron chi connectivity index (χ4n) is 2.12. The molecule has 0 unspecified atom stereocenters. The van der Waals surface area contributed by atoms with Crippen LogP contribution >= 0.6 is 46.7 Å². The summed E-state index contributed by atoms with van der Waals surface area (Å²) in [7, 11) is 1.65. The molecule has 0 aromatic heterocycles. The molecule has 0 saturated carbocycles. The predicted molar refractivity (Wildman–Crippen MR) is 115 cm³/mol. The zero-order valence-corrected chi connectivity index (χ0v) is 17.6. The van der Waals surface area contributed by atoms with E-state index in [-0.39, 0.29) is 5.91 Å². The molecule has 2 aromatic carbocycles. The summed E-state index contributed by atoms with van der Waals surface area (Å²) in [5.74, 6) is 3.88. The van der Waals surface area contributed by atoms with Gasteiger partial charge in [-0.05, 0) is 35.4 Å². The van der Waals surface area contributed by atoms with Gasteiger partial charge in [-0.2, -0.15) is 11.8 Å². The normalized spacial score (nSPS) is 10.6. The van der Waals surface area contributed by atoms with Crippen LogP contribution in [-0.2, 0) is 16.3 Å². The summed E-state index contributed by atoms with van der Waals surface area (Å²) in [6.45, 7) is 0.661. The molecule has 0 radical (unpaired) electrons. The smallest absolute Gasteiger partial charge is 0.230 e. The van der Waals surface area contributed by atoms with E-state index in [0.29, 0.717) is 22.3 Å². The highest BCUT2D eigenvalue weighted by atomic mass is 35.5. The lowest BCUT2D eigenvalue weighted by atomic mass is 10.2. The predicted octanol–water partition coefficient (Wildman–Crippen LogP) is 5.28. The van der Waals surface area contributed by atoms with E-state index < -0.39 is 0 Å². The van der Waals surface area contributed by atoms with Gasteiger partial charge in [-0.3, -0.25) is 4.79 Å². The minimum atomic E-state index is 0.0682. The Labute approximate surface area is 173 Å². The molecule has 0 aliphatic rings. The molecule has 0 heterocycles. The maximum absolute atomic E-state index is 11.9. The fourth-order valence-corrected chi connectivity index (χ4v) is 4.06. The van der Waals surface area contributed by atoms with Crippen molar-refractivity contribution in [3.05, 3.63) is 63.6 Å². The van der Waals surface area contributed by atoms with Crippen LogP contribution in [0, 0.1) is 0 Å². The number of amides is 1. The summed E-state index contributed by atoms with van der Waals surface area (Å²) in [6.07, 6.45) is 0. The number of hydrogen-bond donors (Lipinski definition) is 1.